The van der Waals surface area contributed by atoms with E-state index in [1.807, 2.05) is 18.2 Å². The summed E-state index contributed by atoms with van der Waals surface area (Å²) in [7, 11) is 0. The molecule has 0 saturated carbocycles. The van der Waals surface area contributed by atoms with E-state index in [9.17, 15) is 9.18 Å². The van der Waals surface area contributed by atoms with Crippen LogP contribution < -0.4 is 5.73 Å². The zero-order valence-electron chi connectivity index (χ0n) is 17.6. The van der Waals surface area contributed by atoms with Crippen LogP contribution in [0.15, 0.2) is 73.2 Å². The molecule has 0 fully saturated rings. The molecule has 0 radical (unpaired) electrons. The second-order valence-corrected chi connectivity index (χ2v) is 7.63. The molecule has 2 heterocycles. The first kappa shape index (κ1) is 21.2. The molecule has 6 nitrogen and oxygen atoms in total. The molecule has 7 heteroatoms. The Kier molecular flexibility index (Phi) is 6.26. The fourth-order valence-corrected chi connectivity index (χ4v) is 3.48. The summed E-state index contributed by atoms with van der Waals surface area (Å²) < 4.78 is 13.3. The number of nitrogens with two attached hydrogens (primary N) is 1. The maximum absolute atomic E-state index is 13.3. The summed E-state index contributed by atoms with van der Waals surface area (Å²) >= 11 is 0. The summed E-state index contributed by atoms with van der Waals surface area (Å²) in [6, 6.07) is 15.4. The summed E-state index contributed by atoms with van der Waals surface area (Å²) in [4.78, 5) is 29.4. The first-order valence-corrected chi connectivity index (χ1v) is 10.3. The molecule has 0 unspecified atom stereocenters. The van der Waals surface area contributed by atoms with E-state index >= 15 is 0 Å². The summed E-state index contributed by atoms with van der Waals surface area (Å²) in [6.45, 7) is 2.06. The van der Waals surface area contributed by atoms with Gasteiger partial charge >= 0.3 is 0 Å². The molecule has 160 valence electrons. The van der Waals surface area contributed by atoms with Crippen molar-refractivity contribution in [2.24, 2.45) is 5.73 Å². The highest BCUT2D eigenvalue weighted by molar-refractivity contribution is 5.93. The van der Waals surface area contributed by atoms with E-state index in [4.69, 9.17) is 15.7 Å². The van der Waals surface area contributed by atoms with Crippen molar-refractivity contribution in [3.63, 3.8) is 0 Å². The number of rotatable bonds is 7. The van der Waals surface area contributed by atoms with Crippen LogP contribution in [0.4, 0.5) is 4.39 Å². The molecule has 2 aromatic heterocycles. The third-order valence-electron chi connectivity index (χ3n) is 5.20. The van der Waals surface area contributed by atoms with E-state index < -0.39 is 5.91 Å². The normalized spacial score (nSPS) is 11.8. The minimum Gasteiger partial charge on any atom is -0.366 e. The quantitative estimate of drug-likeness (QED) is 0.479. The number of benzene rings is 2. The smallest absolute Gasteiger partial charge is 0.248 e. The molecule has 0 aliphatic heterocycles. The van der Waals surface area contributed by atoms with Crippen LogP contribution in [-0.4, -0.2) is 25.8 Å². The molecular weight excluding hydrogens is 405 g/mol. The molecule has 0 bridgehead atoms. The average molecular weight is 427 g/mol. The van der Waals surface area contributed by atoms with Crippen molar-refractivity contribution < 1.29 is 9.18 Å². The molecule has 2 aromatic carbocycles. The van der Waals surface area contributed by atoms with Crippen molar-refractivity contribution in [1.82, 2.24) is 19.9 Å². The van der Waals surface area contributed by atoms with E-state index in [0.717, 1.165) is 28.2 Å². The predicted octanol–water partition coefficient (Wildman–Crippen LogP) is 4.11. The Morgan fingerprint density at radius 1 is 1.00 bits per heavy atom. The van der Waals surface area contributed by atoms with Gasteiger partial charge in [-0.05, 0) is 41.8 Å². The van der Waals surface area contributed by atoms with Gasteiger partial charge in [0.25, 0.3) is 0 Å². The molecule has 0 aliphatic carbocycles. The van der Waals surface area contributed by atoms with Crippen LogP contribution in [0, 0.1) is 5.82 Å². The Morgan fingerprint density at radius 3 is 2.41 bits per heavy atom. The third-order valence-corrected chi connectivity index (χ3v) is 5.20. The number of carbonyl (C=O) groups excluding carboxylic acids is 1. The molecule has 32 heavy (non-hydrogen) atoms. The van der Waals surface area contributed by atoms with Crippen molar-refractivity contribution in [2.75, 3.05) is 0 Å². The molecule has 4 aromatic rings. The van der Waals surface area contributed by atoms with Gasteiger partial charge < -0.3 is 5.73 Å². The lowest BCUT2D eigenvalue weighted by atomic mass is 9.97. The highest BCUT2D eigenvalue weighted by Crippen LogP contribution is 2.23. The second-order valence-electron chi connectivity index (χ2n) is 7.63. The van der Waals surface area contributed by atoms with Crippen LogP contribution in [0.3, 0.4) is 0 Å². The van der Waals surface area contributed by atoms with Gasteiger partial charge in [0.2, 0.25) is 5.91 Å². The van der Waals surface area contributed by atoms with Gasteiger partial charge in [-0.1, -0.05) is 31.2 Å². The molecule has 2 N–H and O–H groups in total. The summed E-state index contributed by atoms with van der Waals surface area (Å²) in [6.07, 6.45) is 6.10. The van der Waals surface area contributed by atoms with Crippen LogP contribution in [0.25, 0.3) is 11.3 Å². The minimum atomic E-state index is -0.476. The molecule has 1 amide bonds. The van der Waals surface area contributed by atoms with E-state index in [-0.39, 0.29) is 11.7 Å². The van der Waals surface area contributed by atoms with E-state index in [1.165, 1.54) is 12.1 Å². The monoisotopic (exact) mass is 427 g/mol. The van der Waals surface area contributed by atoms with E-state index in [1.54, 1.807) is 42.9 Å². The van der Waals surface area contributed by atoms with Gasteiger partial charge in [-0.2, -0.15) is 0 Å². The first-order valence-electron chi connectivity index (χ1n) is 10.3. The number of halogens is 1. The second kappa shape index (κ2) is 9.43. The summed E-state index contributed by atoms with van der Waals surface area (Å²) in [5.74, 6) is 0.0471. The first-order chi connectivity index (χ1) is 15.5. The fraction of sp³-hybridized carbons (Fsp3) is 0.160. The maximum atomic E-state index is 13.3. The van der Waals surface area contributed by atoms with Crippen molar-refractivity contribution in [2.45, 2.75) is 25.7 Å². The van der Waals surface area contributed by atoms with Crippen molar-refractivity contribution in [1.29, 1.82) is 0 Å². The van der Waals surface area contributed by atoms with Crippen molar-refractivity contribution in [3.8, 4) is 11.3 Å². The topological polar surface area (TPSA) is 94.6 Å². The largest absolute Gasteiger partial charge is 0.366 e. The minimum absolute atomic E-state index is 0.104. The molecule has 0 saturated heterocycles. The molecule has 0 spiro atoms. The van der Waals surface area contributed by atoms with Crippen LogP contribution >= 0.6 is 0 Å². The van der Waals surface area contributed by atoms with Crippen LogP contribution in [0.2, 0.25) is 0 Å². The number of carbonyl (C=O) groups is 1. The van der Waals surface area contributed by atoms with Crippen LogP contribution in [0.1, 0.15) is 46.0 Å². The van der Waals surface area contributed by atoms with Gasteiger partial charge in [0, 0.05) is 42.6 Å². The lowest BCUT2D eigenvalue weighted by molar-refractivity contribution is 0.100. The molecule has 1 atom stereocenters. The van der Waals surface area contributed by atoms with Gasteiger partial charge in [0.1, 0.15) is 11.6 Å². The number of nitrogens with zero attached hydrogens (tertiary/aromatic N) is 4. The van der Waals surface area contributed by atoms with Gasteiger partial charge in [0.15, 0.2) is 0 Å². The predicted molar refractivity (Wildman–Crippen MR) is 119 cm³/mol. The molecule has 0 aliphatic rings. The zero-order chi connectivity index (χ0) is 22.5. The zero-order valence-corrected chi connectivity index (χ0v) is 17.6. The van der Waals surface area contributed by atoms with Crippen LogP contribution in [-0.2, 0) is 12.8 Å². The fourth-order valence-electron chi connectivity index (χ4n) is 3.48. The Morgan fingerprint density at radius 2 is 1.75 bits per heavy atom. The Labute approximate surface area is 185 Å². The Bertz CT molecular complexity index is 1210. The van der Waals surface area contributed by atoms with Gasteiger partial charge in [-0.15, -0.1) is 0 Å². The highest BCUT2D eigenvalue weighted by Gasteiger charge is 2.13. The van der Waals surface area contributed by atoms with Crippen LogP contribution in [0.5, 0.6) is 0 Å². The molecular formula is C25H22FN5O. The Hall–Kier alpha value is -4.00. The van der Waals surface area contributed by atoms with E-state index in [0.29, 0.717) is 24.2 Å². The number of aromatic nitrogens is 4. The lowest BCUT2D eigenvalue weighted by Gasteiger charge is -2.13. The lowest BCUT2D eigenvalue weighted by Crippen LogP contribution is -2.10. The average Bonchev–Trinajstić information content (AvgIpc) is 2.80. The number of amides is 1. The molecule has 4 rings (SSSR count). The van der Waals surface area contributed by atoms with Gasteiger partial charge in [-0.25, -0.2) is 14.4 Å². The van der Waals surface area contributed by atoms with Gasteiger partial charge in [0.05, 0.1) is 17.1 Å². The third kappa shape index (κ3) is 5.18. The standard InChI is InChI=1S/C25H22FN5O/c1-16(17-6-8-20(26)9-7-17)12-24-30-21(13-22-15-28-10-11-29-22)14-23(31-24)18-2-4-19(5-3-18)25(27)32/h2-11,14-16H,12-13H2,1H3,(H2,27,32)/t16-/m1/s1. The number of hydrogen-bond acceptors (Lipinski definition) is 5. The van der Waals surface area contributed by atoms with Crippen molar-refractivity contribution >= 4 is 5.91 Å². The summed E-state index contributed by atoms with van der Waals surface area (Å²) in [5, 5.41) is 0. The Balaban J connectivity index is 1.67. The van der Waals surface area contributed by atoms with E-state index in [2.05, 4.69) is 16.9 Å². The SMILES string of the molecule is C[C@H](Cc1nc(Cc2cnccn2)cc(-c2ccc(C(N)=O)cc2)n1)c1ccc(F)cc1. The van der Waals surface area contributed by atoms with Gasteiger partial charge in [-0.3, -0.25) is 14.8 Å². The number of hydrogen-bond donors (Lipinski definition) is 1. The summed E-state index contributed by atoms with van der Waals surface area (Å²) in [5.41, 5.74) is 10.0. The highest BCUT2D eigenvalue weighted by atomic mass is 19.1. The maximum Gasteiger partial charge on any atom is 0.248 e. The van der Waals surface area contributed by atoms with Crippen molar-refractivity contribution in [3.05, 3.63) is 107 Å². The number of primary amides is 1.